The van der Waals surface area contributed by atoms with Crippen LogP contribution in [0.5, 0.6) is 0 Å². The molecule has 3 unspecified atom stereocenters. The van der Waals surface area contributed by atoms with E-state index in [-0.39, 0.29) is 11.8 Å². The maximum atomic E-state index is 12.6. The SMILES string of the molecule is CN(C(=O)C1CC2CCC1N2)c1ccccc1C#N. The zero-order chi connectivity index (χ0) is 13.4. The summed E-state index contributed by atoms with van der Waals surface area (Å²) in [5.74, 6) is 0.192. The van der Waals surface area contributed by atoms with E-state index in [0.717, 1.165) is 12.8 Å². The van der Waals surface area contributed by atoms with Gasteiger partial charge in [0.2, 0.25) is 5.91 Å². The van der Waals surface area contributed by atoms with Gasteiger partial charge in [-0.25, -0.2) is 0 Å². The topological polar surface area (TPSA) is 56.1 Å². The van der Waals surface area contributed by atoms with Crippen molar-refractivity contribution < 1.29 is 4.79 Å². The van der Waals surface area contributed by atoms with Crippen molar-refractivity contribution in [2.45, 2.75) is 31.3 Å². The number of nitrogens with one attached hydrogen (secondary N) is 1. The van der Waals surface area contributed by atoms with Gasteiger partial charge in [-0.1, -0.05) is 12.1 Å². The van der Waals surface area contributed by atoms with Gasteiger partial charge >= 0.3 is 0 Å². The van der Waals surface area contributed by atoms with Crippen molar-refractivity contribution >= 4 is 11.6 Å². The summed E-state index contributed by atoms with van der Waals surface area (Å²) in [5, 5.41) is 12.6. The molecule has 3 rings (SSSR count). The number of rotatable bonds is 2. The van der Waals surface area contributed by atoms with Gasteiger partial charge in [0.25, 0.3) is 0 Å². The summed E-state index contributed by atoms with van der Waals surface area (Å²) in [6, 6.07) is 10.2. The number of benzene rings is 1. The van der Waals surface area contributed by atoms with E-state index in [1.807, 2.05) is 18.2 Å². The number of amides is 1. The Morgan fingerprint density at radius 2 is 2.21 bits per heavy atom. The third-order valence-electron chi connectivity index (χ3n) is 4.33. The minimum absolute atomic E-state index is 0.0653. The molecular formula is C15H17N3O. The summed E-state index contributed by atoms with van der Waals surface area (Å²) in [6.07, 6.45) is 3.21. The van der Waals surface area contributed by atoms with E-state index in [9.17, 15) is 4.79 Å². The first-order valence-corrected chi connectivity index (χ1v) is 6.73. The molecule has 1 N–H and O–H groups in total. The summed E-state index contributed by atoms with van der Waals surface area (Å²) in [7, 11) is 1.77. The Morgan fingerprint density at radius 1 is 1.42 bits per heavy atom. The van der Waals surface area contributed by atoms with Gasteiger partial charge in [-0.15, -0.1) is 0 Å². The predicted octanol–water partition coefficient (Wildman–Crippen LogP) is 1.66. The van der Waals surface area contributed by atoms with E-state index in [4.69, 9.17) is 5.26 Å². The summed E-state index contributed by atoms with van der Waals surface area (Å²) in [5.41, 5.74) is 1.26. The normalized spacial score (nSPS) is 28.1. The van der Waals surface area contributed by atoms with Gasteiger partial charge in [-0.3, -0.25) is 4.79 Å². The van der Waals surface area contributed by atoms with Crippen LogP contribution in [0.15, 0.2) is 24.3 Å². The molecule has 0 aliphatic carbocycles. The second-order valence-corrected chi connectivity index (χ2v) is 5.42. The monoisotopic (exact) mass is 255 g/mol. The lowest BCUT2D eigenvalue weighted by Crippen LogP contribution is -2.39. The Morgan fingerprint density at radius 3 is 2.84 bits per heavy atom. The zero-order valence-electron chi connectivity index (χ0n) is 11.0. The second kappa shape index (κ2) is 4.67. The molecule has 4 nitrogen and oxygen atoms in total. The van der Waals surface area contributed by atoms with Gasteiger partial charge in [0.05, 0.1) is 17.2 Å². The average Bonchev–Trinajstić information content (AvgIpc) is 3.08. The summed E-state index contributed by atoms with van der Waals surface area (Å²) >= 11 is 0. The highest BCUT2D eigenvalue weighted by molar-refractivity contribution is 5.96. The molecular weight excluding hydrogens is 238 g/mol. The molecule has 19 heavy (non-hydrogen) atoms. The fraction of sp³-hybridized carbons (Fsp3) is 0.467. The molecule has 1 amide bonds. The average molecular weight is 255 g/mol. The van der Waals surface area contributed by atoms with Crippen molar-refractivity contribution in [2.24, 2.45) is 5.92 Å². The Balaban J connectivity index is 1.82. The number of nitriles is 1. The molecule has 2 bridgehead atoms. The van der Waals surface area contributed by atoms with Crippen LogP contribution in [0.25, 0.3) is 0 Å². The maximum absolute atomic E-state index is 12.6. The fourth-order valence-corrected chi connectivity index (χ4v) is 3.33. The van der Waals surface area contributed by atoms with Crippen LogP contribution in [0.3, 0.4) is 0 Å². The summed E-state index contributed by atoms with van der Waals surface area (Å²) < 4.78 is 0. The first-order valence-electron chi connectivity index (χ1n) is 6.73. The molecule has 1 aromatic rings. The highest BCUT2D eigenvalue weighted by Crippen LogP contribution is 2.35. The largest absolute Gasteiger partial charge is 0.314 e. The molecule has 2 fully saturated rings. The molecule has 0 aromatic heterocycles. The molecule has 2 heterocycles. The van der Waals surface area contributed by atoms with Crippen molar-refractivity contribution in [3.63, 3.8) is 0 Å². The molecule has 0 spiro atoms. The van der Waals surface area contributed by atoms with Crippen molar-refractivity contribution in [1.82, 2.24) is 5.32 Å². The predicted molar refractivity (Wildman–Crippen MR) is 72.6 cm³/mol. The second-order valence-electron chi connectivity index (χ2n) is 5.42. The molecule has 4 heteroatoms. The van der Waals surface area contributed by atoms with Crippen LogP contribution < -0.4 is 10.2 Å². The number of carbonyl (C=O) groups is 1. The molecule has 1 aromatic carbocycles. The molecule has 2 saturated heterocycles. The summed E-state index contributed by atoms with van der Waals surface area (Å²) in [6.45, 7) is 0. The van der Waals surface area contributed by atoms with Crippen molar-refractivity contribution in [3.8, 4) is 6.07 Å². The van der Waals surface area contributed by atoms with E-state index < -0.39 is 0 Å². The van der Waals surface area contributed by atoms with Crippen molar-refractivity contribution in [2.75, 3.05) is 11.9 Å². The smallest absolute Gasteiger partial charge is 0.231 e. The zero-order valence-corrected chi connectivity index (χ0v) is 11.0. The van der Waals surface area contributed by atoms with Gasteiger partial charge in [0.1, 0.15) is 6.07 Å². The van der Waals surface area contributed by atoms with E-state index in [0.29, 0.717) is 23.3 Å². The number of hydrogen-bond acceptors (Lipinski definition) is 3. The Bertz CT molecular complexity index is 549. The van der Waals surface area contributed by atoms with Crippen LogP contribution >= 0.6 is 0 Å². The molecule has 3 atom stereocenters. The maximum Gasteiger partial charge on any atom is 0.231 e. The Kier molecular flexibility index (Phi) is 3.00. The van der Waals surface area contributed by atoms with Crippen LogP contribution in [0.2, 0.25) is 0 Å². The standard InChI is InChI=1S/C15H17N3O/c1-18(14-5-3-2-4-10(14)9-16)15(19)12-8-11-6-7-13(12)17-11/h2-5,11-13,17H,6-8H2,1H3. The molecule has 98 valence electrons. The van der Waals surface area contributed by atoms with E-state index in [2.05, 4.69) is 11.4 Å². The first kappa shape index (κ1) is 12.2. The fourth-order valence-electron chi connectivity index (χ4n) is 3.33. The van der Waals surface area contributed by atoms with Gasteiger partial charge in [-0.05, 0) is 31.4 Å². The van der Waals surface area contributed by atoms with Gasteiger partial charge in [0.15, 0.2) is 0 Å². The van der Waals surface area contributed by atoms with Crippen molar-refractivity contribution in [1.29, 1.82) is 5.26 Å². The van der Waals surface area contributed by atoms with Gasteiger partial charge < -0.3 is 10.2 Å². The van der Waals surface area contributed by atoms with Gasteiger partial charge in [0, 0.05) is 19.1 Å². The molecule has 0 saturated carbocycles. The number of nitrogens with zero attached hydrogens (tertiary/aromatic N) is 2. The molecule has 0 radical (unpaired) electrons. The van der Waals surface area contributed by atoms with Crippen molar-refractivity contribution in [3.05, 3.63) is 29.8 Å². The van der Waals surface area contributed by atoms with E-state index >= 15 is 0 Å². The number of hydrogen-bond donors (Lipinski definition) is 1. The highest BCUT2D eigenvalue weighted by Gasteiger charge is 2.43. The van der Waals surface area contributed by atoms with Gasteiger partial charge in [-0.2, -0.15) is 5.26 Å². The Labute approximate surface area is 113 Å². The molecule has 2 aliphatic rings. The third kappa shape index (κ3) is 2.00. The lowest BCUT2D eigenvalue weighted by molar-refractivity contribution is -0.122. The number of para-hydroxylation sites is 1. The first-order chi connectivity index (χ1) is 9.20. The number of carbonyl (C=O) groups excluding carboxylic acids is 1. The lowest BCUT2D eigenvalue weighted by Gasteiger charge is -2.26. The summed E-state index contributed by atoms with van der Waals surface area (Å²) in [4.78, 5) is 14.2. The highest BCUT2D eigenvalue weighted by atomic mass is 16.2. The minimum atomic E-state index is 0.0653. The van der Waals surface area contributed by atoms with Crippen LogP contribution in [0, 0.1) is 17.2 Å². The van der Waals surface area contributed by atoms with Crippen LogP contribution in [-0.2, 0) is 4.79 Å². The number of anilines is 1. The lowest BCUT2D eigenvalue weighted by atomic mass is 9.88. The van der Waals surface area contributed by atoms with Crippen LogP contribution in [-0.4, -0.2) is 25.0 Å². The van der Waals surface area contributed by atoms with E-state index in [1.54, 1.807) is 18.0 Å². The quantitative estimate of drug-likeness (QED) is 0.874. The third-order valence-corrected chi connectivity index (χ3v) is 4.33. The Hall–Kier alpha value is -1.86. The minimum Gasteiger partial charge on any atom is -0.314 e. The van der Waals surface area contributed by atoms with Crippen LogP contribution in [0.4, 0.5) is 5.69 Å². The number of fused-ring (bicyclic) bond motifs is 2. The van der Waals surface area contributed by atoms with E-state index in [1.165, 1.54) is 6.42 Å². The molecule has 2 aliphatic heterocycles. The van der Waals surface area contributed by atoms with Crippen LogP contribution in [0.1, 0.15) is 24.8 Å².